The van der Waals surface area contributed by atoms with Crippen molar-refractivity contribution in [3.05, 3.63) is 36.0 Å². The Morgan fingerprint density at radius 1 is 1.30 bits per heavy atom. The summed E-state index contributed by atoms with van der Waals surface area (Å²) in [4.78, 5) is 16.2. The Balaban J connectivity index is 2.16. The number of rotatable bonds is 6. The molecule has 23 heavy (non-hydrogen) atoms. The minimum Gasteiger partial charge on any atom is -0.497 e. The molecular formula is C15H19N3O5. The van der Waals surface area contributed by atoms with E-state index in [9.17, 15) is 9.90 Å². The van der Waals surface area contributed by atoms with Gasteiger partial charge in [-0.3, -0.25) is 4.79 Å². The molecular weight excluding hydrogens is 302 g/mol. The van der Waals surface area contributed by atoms with Gasteiger partial charge in [-0.1, -0.05) is 0 Å². The van der Waals surface area contributed by atoms with E-state index >= 15 is 0 Å². The average Bonchev–Trinajstić information content (AvgIpc) is 3.03. The molecule has 1 aromatic heterocycles. The SMILES string of the molecule is COc1cc(NC(=O)c2coc(C(N)C(C)O)n2)cc(OC)c1. The van der Waals surface area contributed by atoms with Gasteiger partial charge < -0.3 is 30.0 Å². The van der Waals surface area contributed by atoms with Crippen molar-refractivity contribution in [3.63, 3.8) is 0 Å². The van der Waals surface area contributed by atoms with Crippen LogP contribution in [0, 0.1) is 0 Å². The number of oxazole rings is 1. The molecule has 0 bridgehead atoms. The monoisotopic (exact) mass is 321 g/mol. The molecule has 4 N–H and O–H groups in total. The summed E-state index contributed by atoms with van der Waals surface area (Å²) in [6.07, 6.45) is 0.344. The van der Waals surface area contributed by atoms with Crippen LogP contribution in [0.2, 0.25) is 0 Å². The summed E-state index contributed by atoms with van der Waals surface area (Å²) in [7, 11) is 3.03. The highest BCUT2D eigenvalue weighted by Gasteiger charge is 2.20. The summed E-state index contributed by atoms with van der Waals surface area (Å²) >= 11 is 0. The number of benzene rings is 1. The molecule has 2 aromatic rings. The largest absolute Gasteiger partial charge is 0.497 e. The molecule has 8 nitrogen and oxygen atoms in total. The van der Waals surface area contributed by atoms with Gasteiger partial charge in [0, 0.05) is 23.9 Å². The van der Waals surface area contributed by atoms with Crippen LogP contribution in [0.25, 0.3) is 0 Å². The molecule has 2 unspecified atom stereocenters. The number of aliphatic hydroxyl groups is 1. The second kappa shape index (κ2) is 7.12. The van der Waals surface area contributed by atoms with Gasteiger partial charge in [-0.2, -0.15) is 0 Å². The van der Waals surface area contributed by atoms with E-state index in [0.717, 1.165) is 0 Å². The first kappa shape index (κ1) is 16.8. The van der Waals surface area contributed by atoms with Crippen LogP contribution in [0.1, 0.15) is 29.3 Å². The van der Waals surface area contributed by atoms with E-state index in [4.69, 9.17) is 19.6 Å². The lowest BCUT2D eigenvalue weighted by atomic mass is 10.2. The van der Waals surface area contributed by atoms with Crippen molar-refractivity contribution < 1.29 is 23.8 Å². The van der Waals surface area contributed by atoms with Gasteiger partial charge in [-0.15, -0.1) is 0 Å². The number of aromatic nitrogens is 1. The number of hydrogen-bond donors (Lipinski definition) is 3. The minimum atomic E-state index is -0.841. The maximum Gasteiger partial charge on any atom is 0.277 e. The van der Waals surface area contributed by atoms with Crippen LogP contribution in [0.3, 0.4) is 0 Å². The normalized spacial score (nSPS) is 13.3. The van der Waals surface area contributed by atoms with Gasteiger partial charge in [0.25, 0.3) is 5.91 Å². The first-order chi connectivity index (χ1) is 10.9. The molecule has 2 atom stereocenters. The summed E-state index contributed by atoms with van der Waals surface area (Å²) in [5.41, 5.74) is 6.24. The number of methoxy groups -OCH3 is 2. The average molecular weight is 321 g/mol. The van der Waals surface area contributed by atoms with Crippen molar-refractivity contribution >= 4 is 11.6 Å². The Morgan fingerprint density at radius 3 is 2.43 bits per heavy atom. The van der Waals surface area contributed by atoms with E-state index < -0.39 is 18.1 Å². The quantitative estimate of drug-likeness (QED) is 0.734. The summed E-state index contributed by atoms with van der Waals surface area (Å²) in [6, 6.07) is 4.17. The van der Waals surface area contributed by atoms with Gasteiger partial charge in [0.1, 0.15) is 23.8 Å². The number of nitrogens with zero attached hydrogens (tertiary/aromatic N) is 1. The third kappa shape index (κ3) is 3.99. The lowest BCUT2D eigenvalue weighted by molar-refractivity contribution is 0.102. The fraction of sp³-hybridized carbons (Fsp3) is 0.333. The number of nitrogens with one attached hydrogen (secondary N) is 1. The van der Waals surface area contributed by atoms with Crippen LogP contribution in [-0.2, 0) is 0 Å². The van der Waals surface area contributed by atoms with E-state index in [-0.39, 0.29) is 11.6 Å². The Bertz CT molecular complexity index is 661. The van der Waals surface area contributed by atoms with Crippen molar-refractivity contribution in [2.24, 2.45) is 5.73 Å². The maximum absolute atomic E-state index is 12.2. The summed E-state index contributed by atoms with van der Waals surface area (Å²) in [5, 5.41) is 12.1. The molecule has 1 aromatic carbocycles. The van der Waals surface area contributed by atoms with E-state index in [2.05, 4.69) is 10.3 Å². The standard InChI is InChI=1S/C15H19N3O5/c1-8(19)13(16)15-18-12(7-23-15)14(20)17-9-4-10(21-2)6-11(5-9)22-3/h4-8,13,19H,16H2,1-3H3,(H,17,20). The van der Waals surface area contributed by atoms with Crippen LogP contribution in [0.15, 0.2) is 28.9 Å². The summed E-state index contributed by atoms with van der Waals surface area (Å²) < 4.78 is 15.4. The number of nitrogens with two attached hydrogens (primary N) is 1. The zero-order chi connectivity index (χ0) is 17.0. The fourth-order valence-electron chi connectivity index (χ4n) is 1.83. The van der Waals surface area contributed by atoms with Crippen LogP contribution in [0.4, 0.5) is 5.69 Å². The Morgan fingerprint density at radius 2 is 1.91 bits per heavy atom. The molecule has 0 radical (unpaired) electrons. The van der Waals surface area contributed by atoms with Crippen molar-refractivity contribution in [3.8, 4) is 11.5 Å². The molecule has 0 saturated heterocycles. The number of anilines is 1. The Labute approximate surface area is 133 Å². The topological polar surface area (TPSA) is 120 Å². The first-order valence-electron chi connectivity index (χ1n) is 6.88. The predicted molar refractivity (Wildman–Crippen MR) is 82.6 cm³/mol. The van der Waals surface area contributed by atoms with Gasteiger partial charge in [0.15, 0.2) is 5.69 Å². The van der Waals surface area contributed by atoms with Gasteiger partial charge in [0.05, 0.1) is 20.3 Å². The van der Waals surface area contributed by atoms with Crippen LogP contribution < -0.4 is 20.5 Å². The number of aliphatic hydroxyl groups excluding tert-OH is 1. The zero-order valence-corrected chi connectivity index (χ0v) is 13.1. The van der Waals surface area contributed by atoms with Gasteiger partial charge >= 0.3 is 0 Å². The molecule has 8 heteroatoms. The van der Waals surface area contributed by atoms with Crippen molar-refractivity contribution in [2.45, 2.75) is 19.1 Å². The molecule has 0 fully saturated rings. The molecule has 0 spiro atoms. The van der Waals surface area contributed by atoms with Gasteiger partial charge in [0.2, 0.25) is 5.89 Å². The third-order valence-electron chi connectivity index (χ3n) is 3.17. The van der Waals surface area contributed by atoms with Crippen molar-refractivity contribution in [1.82, 2.24) is 4.98 Å². The third-order valence-corrected chi connectivity index (χ3v) is 3.17. The molecule has 0 saturated carbocycles. The predicted octanol–water partition coefficient (Wildman–Crippen LogP) is 1.32. The molecule has 2 rings (SSSR count). The van der Waals surface area contributed by atoms with Crippen LogP contribution >= 0.6 is 0 Å². The molecule has 0 aliphatic heterocycles. The Hall–Kier alpha value is -2.58. The molecule has 0 aliphatic carbocycles. The fourth-order valence-corrected chi connectivity index (χ4v) is 1.83. The number of carbonyl (C=O) groups is 1. The second-order valence-electron chi connectivity index (χ2n) is 4.89. The lowest BCUT2D eigenvalue weighted by Crippen LogP contribution is -2.23. The number of carbonyl (C=O) groups excluding carboxylic acids is 1. The number of amides is 1. The Kier molecular flexibility index (Phi) is 5.20. The molecule has 1 amide bonds. The van der Waals surface area contributed by atoms with E-state index in [1.165, 1.54) is 27.4 Å². The van der Waals surface area contributed by atoms with Gasteiger partial charge in [-0.25, -0.2) is 4.98 Å². The first-order valence-corrected chi connectivity index (χ1v) is 6.88. The van der Waals surface area contributed by atoms with E-state index in [1.807, 2.05) is 0 Å². The lowest BCUT2D eigenvalue weighted by Gasteiger charge is -2.09. The maximum atomic E-state index is 12.2. The van der Waals surface area contributed by atoms with Crippen molar-refractivity contribution in [1.29, 1.82) is 0 Å². The van der Waals surface area contributed by atoms with E-state index in [0.29, 0.717) is 17.2 Å². The highest BCUT2D eigenvalue weighted by atomic mass is 16.5. The summed E-state index contributed by atoms with van der Waals surface area (Å²) in [6.45, 7) is 1.51. The van der Waals surface area contributed by atoms with E-state index in [1.54, 1.807) is 18.2 Å². The minimum absolute atomic E-state index is 0.0536. The smallest absolute Gasteiger partial charge is 0.277 e. The van der Waals surface area contributed by atoms with Crippen LogP contribution in [-0.4, -0.2) is 36.3 Å². The number of hydrogen-bond acceptors (Lipinski definition) is 7. The number of ether oxygens (including phenoxy) is 2. The zero-order valence-electron chi connectivity index (χ0n) is 13.1. The molecule has 124 valence electrons. The van der Waals surface area contributed by atoms with Gasteiger partial charge in [-0.05, 0) is 6.92 Å². The summed E-state index contributed by atoms with van der Waals surface area (Å²) in [5.74, 6) is 0.690. The molecule has 0 aliphatic rings. The van der Waals surface area contributed by atoms with Crippen molar-refractivity contribution in [2.75, 3.05) is 19.5 Å². The highest BCUT2D eigenvalue weighted by molar-refractivity contribution is 6.02. The highest BCUT2D eigenvalue weighted by Crippen LogP contribution is 2.26. The van der Waals surface area contributed by atoms with Crippen LogP contribution in [0.5, 0.6) is 11.5 Å². The molecule has 1 heterocycles. The second-order valence-corrected chi connectivity index (χ2v) is 4.89.